The Morgan fingerprint density at radius 2 is 1.79 bits per heavy atom. The number of carboxylic acids is 1. The van der Waals surface area contributed by atoms with Crippen LogP contribution < -0.4 is 5.32 Å². The Morgan fingerprint density at radius 3 is 2.35 bits per heavy atom. The van der Waals surface area contributed by atoms with Gasteiger partial charge in [0.15, 0.2) is 0 Å². The van der Waals surface area contributed by atoms with Crippen LogP contribution in [0.15, 0.2) is 18.2 Å². The number of nitrogens with zero attached hydrogens (tertiary/aromatic N) is 2. The van der Waals surface area contributed by atoms with Crippen molar-refractivity contribution in [2.75, 3.05) is 25.0 Å². The summed E-state index contributed by atoms with van der Waals surface area (Å²) in [6.07, 6.45) is -1.44. The molecule has 34 heavy (non-hydrogen) atoms. The van der Waals surface area contributed by atoms with Crippen molar-refractivity contribution in [1.29, 1.82) is 0 Å². The zero-order valence-corrected chi connectivity index (χ0v) is 20.2. The molecule has 10 heteroatoms. The molecule has 1 aromatic carbocycles. The first-order valence-electron chi connectivity index (χ1n) is 11.6. The van der Waals surface area contributed by atoms with E-state index in [0.29, 0.717) is 25.2 Å². The monoisotopic (exact) mass is 485 g/mol. The number of alkyl halides is 3. The summed E-state index contributed by atoms with van der Waals surface area (Å²) in [5.41, 5.74) is -0.727. The van der Waals surface area contributed by atoms with Crippen LogP contribution in [0.3, 0.4) is 0 Å². The highest BCUT2D eigenvalue weighted by molar-refractivity contribution is 5.77. The lowest BCUT2D eigenvalue weighted by Gasteiger charge is -2.45. The first-order chi connectivity index (χ1) is 15.7. The van der Waals surface area contributed by atoms with Crippen LogP contribution >= 0.6 is 0 Å². The Hall–Kier alpha value is -2.49. The molecule has 1 spiro atoms. The number of amides is 1. The third-order valence-corrected chi connectivity index (χ3v) is 6.63. The highest BCUT2D eigenvalue weighted by Gasteiger charge is 2.44. The Kier molecular flexibility index (Phi) is 7.40. The van der Waals surface area contributed by atoms with Gasteiger partial charge in [-0.2, -0.15) is 13.2 Å². The number of halogens is 3. The molecule has 3 rings (SSSR count). The van der Waals surface area contributed by atoms with Crippen LogP contribution in [0.4, 0.5) is 23.7 Å². The van der Waals surface area contributed by atoms with E-state index >= 15 is 0 Å². The van der Waals surface area contributed by atoms with Crippen LogP contribution in [0.1, 0.15) is 64.5 Å². The Morgan fingerprint density at radius 1 is 1.15 bits per heavy atom. The molecule has 2 N–H and O–H groups in total. The number of piperidine rings is 1. The van der Waals surface area contributed by atoms with Crippen LogP contribution in [0.5, 0.6) is 0 Å². The van der Waals surface area contributed by atoms with Crippen molar-refractivity contribution >= 4 is 17.7 Å². The fourth-order valence-corrected chi connectivity index (χ4v) is 4.76. The third-order valence-electron chi connectivity index (χ3n) is 6.63. The van der Waals surface area contributed by atoms with Crippen LogP contribution in [0.2, 0.25) is 0 Å². The maximum Gasteiger partial charge on any atom is 0.416 e. The highest BCUT2D eigenvalue weighted by atomic mass is 19.4. The largest absolute Gasteiger partial charge is 0.480 e. The molecule has 0 saturated carbocycles. The number of likely N-dealkylation sites (tertiary alicyclic amines) is 2. The number of benzene rings is 1. The van der Waals surface area contributed by atoms with Gasteiger partial charge in [-0.1, -0.05) is 6.07 Å². The summed E-state index contributed by atoms with van der Waals surface area (Å²) in [6.45, 7) is 9.19. The summed E-state index contributed by atoms with van der Waals surface area (Å²) in [4.78, 5) is 27.8. The normalized spacial score (nSPS) is 19.8. The topological polar surface area (TPSA) is 82.1 Å². The lowest BCUT2D eigenvalue weighted by Crippen LogP contribution is -2.53. The molecule has 1 amide bonds. The quantitative estimate of drug-likeness (QED) is 0.614. The van der Waals surface area contributed by atoms with Crippen molar-refractivity contribution in [2.24, 2.45) is 0 Å². The smallest absolute Gasteiger partial charge is 0.416 e. The van der Waals surface area contributed by atoms with Crippen LogP contribution in [-0.2, 0) is 22.3 Å². The SMILES string of the molecule is CC(Nc1cc(C(F)(F)F)ccc1CN1CCCC12CCN(C(=O)OC(C)(C)C)CC2)C(=O)O. The summed E-state index contributed by atoms with van der Waals surface area (Å²) >= 11 is 0. The fraction of sp³-hybridized carbons (Fsp3) is 0.667. The maximum atomic E-state index is 13.3. The van der Waals surface area contributed by atoms with Gasteiger partial charge in [0.25, 0.3) is 0 Å². The van der Waals surface area contributed by atoms with Crippen molar-refractivity contribution in [3.8, 4) is 0 Å². The number of nitrogens with one attached hydrogen (secondary N) is 1. The van der Waals surface area contributed by atoms with Crippen LogP contribution in [0.25, 0.3) is 0 Å². The number of rotatable bonds is 5. The van der Waals surface area contributed by atoms with Gasteiger partial charge in [-0.15, -0.1) is 0 Å². The second kappa shape index (κ2) is 9.64. The van der Waals surface area contributed by atoms with Gasteiger partial charge >= 0.3 is 18.2 Å². The second-order valence-electron chi connectivity index (χ2n) is 10.3. The van der Waals surface area contributed by atoms with Crippen molar-refractivity contribution in [1.82, 2.24) is 9.80 Å². The van der Waals surface area contributed by atoms with Crippen molar-refractivity contribution < 1.29 is 32.6 Å². The molecule has 0 aliphatic carbocycles. The Labute approximate surface area is 198 Å². The summed E-state index contributed by atoms with van der Waals surface area (Å²) in [5, 5.41) is 12.0. The van der Waals surface area contributed by atoms with E-state index in [4.69, 9.17) is 4.74 Å². The van der Waals surface area contributed by atoms with Gasteiger partial charge in [-0.25, -0.2) is 4.79 Å². The Bertz CT molecular complexity index is 906. The summed E-state index contributed by atoms with van der Waals surface area (Å²) < 4.78 is 45.4. The molecule has 2 fully saturated rings. The number of aliphatic carboxylic acids is 1. The summed E-state index contributed by atoms with van der Waals surface area (Å²) in [6, 6.07) is 2.43. The molecule has 2 aliphatic heterocycles. The molecule has 0 aromatic heterocycles. The van der Waals surface area contributed by atoms with Gasteiger partial charge in [-0.3, -0.25) is 9.69 Å². The molecule has 2 aliphatic rings. The molecule has 0 radical (unpaired) electrons. The van der Waals surface area contributed by atoms with E-state index in [1.807, 2.05) is 20.8 Å². The molecule has 1 atom stereocenters. The van der Waals surface area contributed by atoms with Gasteiger partial charge < -0.3 is 20.1 Å². The van der Waals surface area contributed by atoms with Crippen molar-refractivity contribution in [2.45, 2.75) is 83.3 Å². The fourth-order valence-electron chi connectivity index (χ4n) is 4.76. The van der Waals surface area contributed by atoms with Crippen molar-refractivity contribution in [3.05, 3.63) is 29.3 Å². The first kappa shape index (κ1) is 26.1. The highest BCUT2D eigenvalue weighted by Crippen LogP contribution is 2.41. The van der Waals surface area contributed by atoms with Gasteiger partial charge in [-0.05, 0) is 77.6 Å². The number of carbonyl (C=O) groups excluding carboxylic acids is 1. The average Bonchev–Trinajstić information content (AvgIpc) is 3.09. The number of hydrogen-bond donors (Lipinski definition) is 2. The van der Waals surface area contributed by atoms with Crippen molar-refractivity contribution in [3.63, 3.8) is 0 Å². The van der Waals surface area contributed by atoms with Gasteiger partial charge in [0.1, 0.15) is 11.6 Å². The maximum absolute atomic E-state index is 13.3. The summed E-state index contributed by atoms with van der Waals surface area (Å²) in [5.74, 6) is -1.14. The Balaban J connectivity index is 1.77. The molecule has 190 valence electrons. The van der Waals surface area contributed by atoms with Gasteiger partial charge in [0, 0.05) is 30.9 Å². The molecule has 1 aromatic rings. The number of carbonyl (C=O) groups is 2. The van der Waals surface area contributed by atoms with E-state index in [1.54, 1.807) is 4.90 Å². The number of carboxylic acid groups (broad SMARTS) is 1. The second-order valence-corrected chi connectivity index (χ2v) is 10.3. The van der Waals surface area contributed by atoms with Crippen LogP contribution in [0, 0.1) is 0 Å². The minimum atomic E-state index is -4.52. The molecule has 2 saturated heterocycles. The number of anilines is 1. The standard InChI is InChI=1S/C24H34F3N3O4/c1-16(20(31)32)28-19-14-18(24(25,26)27)7-6-17(19)15-30-11-5-8-23(30)9-12-29(13-10-23)21(33)34-22(2,3)4/h6-7,14,16,28H,5,8-13,15H2,1-4H3,(H,31,32). The lowest BCUT2D eigenvalue weighted by molar-refractivity contribution is -0.138. The van der Waals surface area contributed by atoms with Gasteiger partial charge in [0.2, 0.25) is 0 Å². The zero-order chi connectivity index (χ0) is 25.3. The molecular formula is C24H34F3N3O4. The summed E-state index contributed by atoms with van der Waals surface area (Å²) in [7, 11) is 0. The zero-order valence-electron chi connectivity index (χ0n) is 20.2. The van der Waals surface area contributed by atoms with E-state index in [-0.39, 0.29) is 17.3 Å². The third kappa shape index (κ3) is 6.14. The van der Waals surface area contributed by atoms with E-state index in [0.717, 1.165) is 44.4 Å². The minimum Gasteiger partial charge on any atom is -0.480 e. The van der Waals surface area contributed by atoms with Gasteiger partial charge in [0.05, 0.1) is 5.56 Å². The van der Waals surface area contributed by atoms with E-state index in [2.05, 4.69) is 10.2 Å². The average molecular weight is 486 g/mol. The van der Waals surface area contributed by atoms with E-state index in [9.17, 15) is 27.9 Å². The minimum absolute atomic E-state index is 0.142. The lowest BCUT2D eigenvalue weighted by atomic mass is 9.84. The first-order valence-corrected chi connectivity index (χ1v) is 11.6. The van der Waals surface area contributed by atoms with E-state index in [1.165, 1.54) is 13.0 Å². The molecule has 1 unspecified atom stereocenters. The molecular weight excluding hydrogens is 451 g/mol. The predicted molar refractivity (Wildman–Crippen MR) is 122 cm³/mol. The molecule has 2 heterocycles. The van der Waals surface area contributed by atoms with Crippen LogP contribution in [-0.4, -0.2) is 63.8 Å². The molecule has 0 bridgehead atoms. The molecule has 7 nitrogen and oxygen atoms in total. The van der Waals surface area contributed by atoms with E-state index < -0.39 is 29.4 Å². The number of ether oxygens (including phenoxy) is 1. The predicted octanol–water partition coefficient (Wildman–Crippen LogP) is 4.96. The number of hydrogen-bond acceptors (Lipinski definition) is 5.